The summed E-state index contributed by atoms with van der Waals surface area (Å²) < 4.78 is 13.0. The van der Waals surface area contributed by atoms with Crippen LogP contribution in [0.5, 0.6) is 0 Å². The van der Waals surface area contributed by atoms with Gasteiger partial charge in [0.25, 0.3) is 0 Å². The molecule has 2 aromatic carbocycles. The number of rotatable bonds is 9. The summed E-state index contributed by atoms with van der Waals surface area (Å²) in [5, 5.41) is 13.3. The van der Waals surface area contributed by atoms with E-state index in [1.807, 2.05) is 19.1 Å². The number of H-pyrrole nitrogens is 1. The second-order valence-corrected chi connectivity index (χ2v) is 12.6. The van der Waals surface area contributed by atoms with Gasteiger partial charge >= 0.3 is 0 Å². The number of benzene rings is 2. The van der Waals surface area contributed by atoms with Crippen LogP contribution >= 0.6 is 9.39 Å². The minimum Gasteiger partial charge on any atom is -0.371 e. The van der Waals surface area contributed by atoms with Crippen molar-refractivity contribution in [2.45, 2.75) is 25.8 Å². The van der Waals surface area contributed by atoms with E-state index in [4.69, 9.17) is 0 Å². The van der Waals surface area contributed by atoms with E-state index in [1.165, 1.54) is 29.9 Å². The number of aromatic amines is 1. The number of allylic oxidation sites excluding steroid dienone is 3. The Balaban J connectivity index is 0.000000177. The van der Waals surface area contributed by atoms with Crippen LogP contribution in [0.4, 0.5) is 10.1 Å². The van der Waals surface area contributed by atoms with Crippen molar-refractivity contribution in [1.29, 1.82) is 0 Å². The predicted octanol–water partition coefficient (Wildman–Crippen LogP) is 4.64. The zero-order chi connectivity index (χ0) is 34.2. The molecule has 2 saturated heterocycles. The van der Waals surface area contributed by atoms with Crippen molar-refractivity contribution in [2.24, 2.45) is 0 Å². The highest BCUT2D eigenvalue weighted by molar-refractivity contribution is 7.13. The third-order valence-corrected chi connectivity index (χ3v) is 9.58. The third-order valence-electron chi connectivity index (χ3n) is 9.11. The molecule has 2 aliphatic heterocycles. The number of likely N-dealkylation sites (tertiary alicyclic amines) is 1. The Morgan fingerprint density at radius 2 is 1.86 bits per heavy atom. The lowest BCUT2D eigenvalue weighted by molar-refractivity contribution is -0.108. The highest BCUT2D eigenvalue weighted by Crippen LogP contribution is 2.31. The summed E-state index contributed by atoms with van der Waals surface area (Å²) in [4.78, 5) is 26.3. The lowest BCUT2D eigenvalue weighted by Gasteiger charge is -2.39. The Labute approximate surface area is 289 Å². The summed E-state index contributed by atoms with van der Waals surface area (Å²) in [5.41, 5.74) is 8.89. The van der Waals surface area contributed by atoms with Crippen molar-refractivity contribution in [3.05, 3.63) is 114 Å². The average Bonchev–Trinajstić information content (AvgIpc) is 3.75. The van der Waals surface area contributed by atoms with Gasteiger partial charge in [-0.3, -0.25) is 19.9 Å². The summed E-state index contributed by atoms with van der Waals surface area (Å²) in [6.07, 6.45) is 10.6. The van der Waals surface area contributed by atoms with E-state index in [-0.39, 0.29) is 5.82 Å². The lowest BCUT2D eigenvalue weighted by Crippen LogP contribution is -2.47. The first-order chi connectivity index (χ1) is 23.9. The monoisotopic (exact) mass is 677 g/mol. The fourth-order valence-electron chi connectivity index (χ4n) is 6.43. The maximum atomic E-state index is 13.0. The van der Waals surface area contributed by atoms with Gasteiger partial charge < -0.3 is 15.1 Å². The second kappa shape index (κ2) is 16.0. The number of hydrogen-bond donors (Lipinski definition) is 3. The largest absolute Gasteiger partial charge is 0.371 e. The highest BCUT2D eigenvalue weighted by atomic mass is 31.0. The maximum absolute atomic E-state index is 13.0. The smallest absolute Gasteiger partial charge is 0.211 e. The van der Waals surface area contributed by atoms with Gasteiger partial charge in [-0.15, -0.1) is 0 Å². The van der Waals surface area contributed by atoms with Gasteiger partial charge in [-0.1, -0.05) is 22.0 Å². The third kappa shape index (κ3) is 8.41. The van der Waals surface area contributed by atoms with E-state index >= 15 is 0 Å². The van der Waals surface area contributed by atoms with E-state index < -0.39 is 0 Å². The van der Waals surface area contributed by atoms with Crippen molar-refractivity contribution in [2.75, 3.05) is 50.7 Å². The molecule has 2 atom stereocenters. The molecule has 2 fully saturated rings. The van der Waals surface area contributed by atoms with Gasteiger partial charge in [0.05, 0.1) is 17.6 Å². The number of piperazine rings is 1. The van der Waals surface area contributed by atoms with E-state index in [1.54, 1.807) is 18.3 Å². The molecule has 2 aromatic heterocycles. The zero-order valence-corrected chi connectivity index (χ0v) is 28.8. The molecule has 2 unspecified atom stereocenters. The fourth-order valence-corrected chi connectivity index (χ4v) is 6.71. The number of nitrogens with zero attached hydrogens (tertiary/aromatic N) is 6. The Morgan fingerprint density at radius 3 is 2.53 bits per heavy atom. The normalized spacial score (nSPS) is 17.5. The Morgan fingerprint density at radius 1 is 1.10 bits per heavy atom. The molecule has 0 spiro atoms. The molecular formula is C37H41FN9OP. The van der Waals surface area contributed by atoms with E-state index in [0.29, 0.717) is 24.7 Å². The molecule has 49 heavy (non-hydrogen) atoms. The molecule has 1 amide bonds. The molecule has 4 heterocycles. The van der Waals surface area contributed by atoms with Crippen LogP contribution in [0.1, 0.15) is 24.6 Å². The van der Waals surface area contributed by atoms with Crippen molar-refractivity contribution >= 4 is 27.1 Å². The number of halogens is 1. The molecule has 4 aromatic rings. The van der Waals surface area contributed by atoms with Crippen LogP contribution in [0.15, 0.2) is 84.9 Å². The Bertz CT molecular complexity index is 1780. The SMILES string of the molecule is C=C(CN1CCC(NP)C1)N1CCN(c2ccc(-c3nc#ccn3)cc2)CC1.CC1=CC(NC=O)=CCc2c1n[nH]c2-c1ccc(F)cc1. The predicted molar refractivity (Wildman–Crippen MR) is 194 cm³/mol. The number of carbonyl (C=O) groups excluding carboxylic acids is 1. The van der Waals surface area contributed by atoms with Crippen LogP contribution in [0.2, 0.25) is 0 Å². The first kappa shape index (κ1) is 34.0. The molecule has 0 radical (unpaired) electrons. The van der Waals surface area contributed by atoms with Gasteiger partial charge in [-0.2, -0.15) is 10.1 Å². The van der Waals surface area contributed by atoms with Crippen LogP contribution < -0.4 is 15.3 Å². The standard InChI is InChI=1S/C21H27N6P.C16H14FN3O/c1-17(15-25-10-7-19(16-25)24-28)26-11-13-27(14-12-26)20-5-3-18(4-6-20)21-22-8-2-9-23-21;1-10-8-13(18-9-21)6-7-14-15(10)19-20-16(14)11-2-4-12(17)5-3-11/h3-6,8,19,24H,1,7,10-16,28H2;2-6,8-9H,7H2,1H3,(H,18,21)(H,19,20). The highest BCUT2D eigenvalue weighted by Gasteiger charge is 2.24. The first-order valence-corrected chi connectivity index (χ1v) is 17.0. The van der Waals surface area contributed by atoms with E-state index in [0.717, 1.165) is 85.2 Å². The minimum atomic E-state index is -0.266. The number of hydrogen-bond acceptors (Lipinski definition) is 8. The second-order valence-electron chi connectivity index (χ2n) is 12.3. The molecular weight excluding hydrogens is 636 g/mol. The number of carbonyl (C=O) groups is 1. The molecule has 7 rings (SSSR count). The minimum absolute atomic E-state index is 0.266. The van der Waals surface area contributed by atoms with Crippen LogP contribution in [0.25, 0.3) is 28.2 Å². The van der Waals surface area contributed by atoms with Gasteiger partial charge in [-0.05, 0) is 86.0 Å². The summed E-state index contributed by atoms with van der Waals surface area (Å²) in [5.74, 6) is 0.422. The maximum Gasteiger partial charge on any atom is 0.211 e. The van der Waals surface area contributed by atoms with Gasteiger partial charge in [0.15, 0.2) is 5.82 Å². The van der Waals surface area contributed by atoms with Crippen molar-refractivity contribution < 1.29 is 9.18 Å². The van der Waals surface area contributed by atoms with E-state index in [2.05, 4.69) is 97.8 Å². The molecule has 252 valence electrons. The summed E-state index contributed by atoms with van der Waals surface area (Å²) in [7, 11) is 2.64. The number of fused-ring (bicyclic) bond motifs is 1. The summed E-state index contributed by atoms with van der Waals surface area (Å²) in [6, 6.07) is 18.1. The fraction of sp³-hybridized carbons (Fsp3) is 0.297. The van der Waals surface area contributed by atoms with Crippen LogP contribution in [0, 0.1) is 18.1 Å². The topological polar surface area (TPSA) is 105 Å². The van der Waals surface area contributed by atoms with Crippen molar-refractivity contribution in [3.8, 4) is 22.6 Å². The van der Waals surface area contributed by atoms with Crippen LogP contribution in [0.3, 0.4) is 0 Å². The van der Waals surface area contributed by atoms with Gasteiger partial charge in [0.2, 0.25) is 6.41 Å². The van der Waals surface area contributed by atoms with Gasteiger partial charge in [0.1, 0.15) is 5.82 Å². The first-order valence-electron chi connectivity index (χ1n) is 16.4. The zero-order valence-electron chi connectivity index (χ0n) is 27.6. The molecule has 3 N–H and O–H groups in total. The molecule has 1 aliphatic carbocycles. The molecule has 10 nitrogen and oxygen atoms in total. The average molecular weight is 678 g/mol. The van der Waals surface area contributed by atoms with Gasteiger partial charge in [-0.25, -0.2) is 9.37 Å². The van der Waals surface area contributed by atoms with Crippen LogP contribution in [-0.2, 0) is 11.2 Å². The molecule has 3 aliphatic rings. The Kier molecular flexibility index (Phi) is 11.1. The van der Waals surface area contributed by atoms with E-state index in [9.17, 15) is 9.18 Å². The number of nitrogens with one attached hydrogen (secondary N) is 3. The molecule has 12 heteroatoms. The summed E-state index contributed by atoms with van der Waals surface area (Å²) in [6.45, 7) is 13.6. The molecule has 0 bridgehead atoms. The van der Waals surface area contributed by atoms with Crippen molar-refractivity contribution in [1.82, 2.24) is 40.4 Å². The Hall–Kier alpha value is -4.88. The van der Waals surface area contributed by atoms with Crippen molar-refractivity contribution in [3.63, 3.8) is 0 Å². The molecule has 0 saturated carbocycles. The van der Waals surface area contributed by atoms with Crippen LogP contribution in [-0.4, -0.2) is 88.2 Å². The number of anilines is 1. The number of aromatic nitrogens is 4. The summed E-state index contributed by atoms with van der Waals surface area (Å²) >= 11 is 0. The quantitative estimate of drug-likeness (QED) is 0.174. The van der Waals surface area contributed by atoms with Gasteiger partial charge in [0, 0.05) is 91.8 Å². The number of amides is 1. The lowest BCUT2D eigenvalue weighted by atomic mass is 10.0.